The Bertz CT molecular complexity index is 1280. The molecule has 1 atom stereocenters. The number of hydrogen-bond donors (Lipinski definition) is 2. The number of cyclic esters (lactones) is 1. The first-order valence-corrected chi connectivity index (χ1v) is 12.2. The number of rotatable bonds is 8. The molecule has 2 aromatic rings. The summed E-state index contributed by atoms with van der Waals surface area (Å²) >= 11 is 0. The molecule has 0 radical (unpaired) electrons. The number of nitro groups is 1. The molecule has 39 heavy (non-hydrogen) atoms. The molecular weight excluding hydrogens is 515 g/mol. The van der Waals surface area contributed by atoms with Crippen LogP contribution < -0.4 is 20.4 Å². The van der Waals surface area contributed by atoms with Gasteiger partial charge in [0, 0.05) is 50.8 Å². The minimum Gasteiger partial charge on any atom is -0.442 e. The van der Waals surface area contributed by atoms with Crippen LogP contribution in [0.25, 0.3) is 0 Å². The van der Waals surface area contributed by atoms with Crippen molar-refractivity contribution in [3.63, 3.8) is 0 Å². The highest BCUT2D eigenvalue weighted by atomic mass is 19.1. The molecule has 0 bridgehead atoms. The van der Waals surface area contributed by atoms with E-state index in [4.69, 9.17) is 4.74 Å². The highest BCUT2D eigenvalue weighted by Gasteiger charge is 2.33. The van der Waals surface area contributed by atoms with Crippen LogP contribution >= 0.6 is 0 Å². The molecule has 13 nitrogen and oxygen atoms in total. The summed E-state index contributed by atoms with van der Waals surface area (Å²) in [7, 11) is 0. The molecule has 0 spiro atoms. The Kier molecular flexibility index (Phi) is 8.22. The number of hydrogen-bond acceptors (Lipinski definition) is 8. The van der Waals surface area contributed by atoms with Crippen LogP contribution in [0.15, 0.2) is 42.5 Å². The molecule has 2 heterocycles. The van der Waals surface area contributed by atoms with Gasteiger partial charge in [-0.05, 0) is 30.3 Å². The average molecular weight is 543 g/mol. The Morgan fingerprint density at radius 3 is 2.38 bits per heavy atom. The van der Waals surface area contributed by atoms with Gasteiger partial charge in [0.1, 0.15) is 11.9 Å². The highest BCUT2D eigenvalue weighted by molar-refractivity contribution is 5.96. The number of amides is 4. The van der Waals surface area contributed by atoms with E-state index in [-0.39, 0.29) is 42.7 Å². The van der Waals surface area contributed by atoms with Gasteiger partial charge in [-0.1, -0.05) is 0 Å². The average Bonchev–Trinajstić information content (AvgIpc) is 3.30. The van der Waals surface area contributed by atoms with Crippen LogP contribution in [0.2, 0.25) is 0 Å². The summed E-state index contributed by atoms with van der Waals surface area (Å²) in [6, 6.07) is 9.49. The van der Waals surface area contributed by atoms with E-state index >= 15 is 4.39 Å². The van der Waals surface area contributed by atoms with E-state index in [1.807, 2.05) is 0 Å². The number of halogens is 1. The normalized spacial score (nSPS) is 17.0. The number of nitro benzene ring substituents is 1. The van der Waals surface area contributed by atoms with E-state index < -0.39 is 28.8 Å². The van der Waals surface area contributed by atoms with Gasteiger partial charge < -0.3 is 25.2 Å². The highest BCUT2D eigenvalue weighted by Crippen LogP contribution is 2.28. The Morgan fingerprint density at radius 2 is 1.77 bits per heavy atom. The zero-order chi connectivity index (χ0) is 28.1. The molecule has 2 aliphatic rings. The van der Waals surface area contributed by atoms with Gasteiger partial charge in [0.2, 0.25) is 11.8 Å². The molecular formula is C25H27FN6O7. The molecule has 0 saturated carbocycles. The summed E-state index contributed by atoms with van der Waals surface area (Å²) < 4.78 is 20.2. The molecule has 0 aromatic heterocycles. The van der Waals surface area contributed by atoms with E-state index in [2.05, 4.69) is 10.6 Å². The largest absolute Gasteiger partial charge is 0.442 e. The quantitative estimate of drug-likeness (QED) is 0.373. The van der Waals surface area contributed by atoms with Gasteiger partial charge in [-0.15, -0.1) is 0 Å². The van der Waals surface area contributed by atoms with Crippen molar-refractivity contribution in [1.29, 1.82) is 0 Å². The van der Waals surface area contributed by atoms with Crippen LogP contribution in [-0.4, -0.2) is 85.6 Å². The summed E-state index contributed by atoms with van der Waals surface area (Å²) in [6.07, 6.45) is -1.15. The van der Waals surface area contributed by atoms with E-state index in [0.29, 0.717) is 37.6 Å². The zero-order valence-corrected chi connectivity index (χ0v) is 21.1. The second kappa shape index (κ2) is 11.8. The fourth-order valence-electron chi connectivity index (χ4n) is 4.32. The van der Waals surface area contributed by atoms with E-state index in [1.54, 1.807) is 21.9 Å². The molecule has 2 aromatic carbocycles. The first-order valence-electron chi connectivity index (χ1n) is 12.2. The molecule has 206 valence electrons. The first-order chi connectivity index (χ1) is 18.6. The molecule has 2 aliphatic heterocycles. The molecule has 0 aliphatic carbocycles. The molecule has 2 fully saturated rings. The van der Waals surface area contributed by atoms with Crippen LogP contribution in [-0.2, 0) is 14.3 Å². The first kappa shape index (κ1) is 27.3. The van der Waals surface area contributed by atoms with Gasteiger partial charge in [-0.3, -0.25) is 29.4 Å². The topological polar surface area (TPSA) is 154 Å². The minimum absolute atomic E-state index is 0.141. The lowest BCUT2D eigenvalue weighted by atomic mass is 10.2. The van der Waals surface area contributed by atoms with Crippen molar-refractivity contribution in [2.75, 3.05) is 55.6 Å². The third-order valence-corrected chi connectivity index (χ3v) is 6.41. The van der Waals surface area contributed by atoms with Gasteiger partial charge in [-0.2, -0.15) is 0 Å². The number of carbonyl (C=O) groups is 4. The van der Waals surface area contributed by atoms with Crippen molar-refractivity contribution < 1.29 is 33.2 Å². The summed E-state index contributed by atoms with van der Waals surface area (Å²) in [6.45, 7) is 2.83. The molecule has 0 unspecified atom stereocenters. The minimum atomic E-state index is -0.620. The van der Waals surface area contributed by atoms with Crippen molar-refractivity contribution in [2.45, 2.75) is 13.0 Å². The zero-order valence-electron chi connectivity index (χ0n) is 21.1. The lowest BCUT2D eigenvalue weighted by molar-refractivity contribution is -0.384. The summed E-state index contributed by atoms with van der Waals surface area (Å²) in [5.74, 6) is -1.60. The maximum atomic E-state index is 15.0. The lowest BCUT2D eigenvalue weighted by Crippen LogP contribution is -2.51. The van der Waals surface area contributed by atoms with Crippen molar-refractivity contribution in [3.05, 3.63) is 64.0 Å². The van der Waals surface area contributed by atoms with Crippen molar-refractivity contribution >= 4 is 40.9 Å². The Morgan fingerprint density at radius 1 is 1.08 bits per heavy atom. The summed E-state index contributed by atoms with van der Waals surface area (Å²) in [5.41, 5.74) is 0.726. The van der Waals surface area contributed by atoms with Gasteiger partial charge in [0.25, 0.3) is 11.6 Å². The summed E-state index contributed by atoms with van der Waals surface area (Å²) in [5, 5.41) is 15.8. The fraction of sp³-hybridized carbons (Fsp3) is 0.360. The number of benzene rings is 2. The maximum Gasteiger partial charge on any atom is 0.414 e. The Balaban J connectivity index is 1.27. The number of nitrogens with zero attached hydrogens (tertiary/aromatic N) is 4. The van der Waals surface area contributed by atoms with Crippen LogP contribution in [0, 0.1) is 15.9 Å². The number of anilines is 2. The van der Waals surface area contributed by atoms with Gasteiger partial charge in [0.05, 0.1) is 35.9 Å². The Labute approximate surface area is 222 Å². The number of carbonyl (C=O) groups excluding carboxylic acids is 4. The monoisotopic (exact) mass is 542 g/mol. The fourth-order valence-corrected chi connectivity index (χ4v) is 4.32. The van der Waals surface area contributed by atoms with Gasteiger partial charge in [0.15, 0.2) is 0 Å². The summed E-state index contributed by atoms with van der Waals surface area (Å²) in [4.78, 5) is 63.0. The second-order valence-electron chi connectivity index (χ2n) is 9.04. The van der Waals surface area contributed by atoms with Crippen LogP contribution in [0.5, 0.6) is 0 Å². The number of ether oxygens (including phenoxy) is 1. The second-order valence-corrected chi connectivity index (χ2v) is 9.04. The van der Waals surface area contributed by atoms with Crippen LogP contribution in [0.3, 0.4) is 0 Å². The predicted molar refractivity (Wildman–Crippen MR) is 137 cm³/mol. The standard InChI is InChI=1S/C25H27FN6O7/c1-16(33)27-13-20-15-31(25(36)39-20)19-6-7-22(21(26)12-19)29-8-10-30(11-9-29)23(34)14-28-24(35)17-2-4-18(5-3-17)32(37)38/h2-7,12,20H,8-11,13-15H2,1H3,(H,27,33)(H,28,35)/t20-/m0/s1. The van der Waals surface area contributed by atoms with Crippen molar-refractivity contribution in [3.8, 4) is 0 Å². The number of non-ortho nitro benzene ring substituents is 1. The van der Waals surface area contributed by atoms with Crippen molar-refractivity contribution in [2.24, 2.45) is 0 Å². The molecule has 14 heteroatoms. The third-order valence-electron chi connectivity index (χ3n) is 6.41. The molecule has 4 amide bonds. The number of piperazine rings is 1. The smallest absolute Gasteiger partial charge is 0.414 e. The SMILES string of the molecule is CC(=O)NC[C@H]1CN(c2ccc(N3CCN(C(=O)CNC(=O)c4ccc([N+](=O)[O-])cc4)CC3)c(F)c2)C(=O)O1. The molecule has 2 N–H and O–H groups in total. The molecule has 4 rings (SSSR count). The maximum absolute atomic E-state index is 15.0. The lowest BCUT2D eigenvalue weighted by Gasteiger charge is -2.36. The van der Waals surface area contributed by atoms with E-state index in [1.165, 1.54) is 42.2 Å². The van der Waals surface area contributed by atoms with Crippen LogP contribution in [0.4, 0.5) is 26.2 Å². The molecule has 2 saturated heterocycles. The van der Waals surface area contributed by atoms with Crippen molar-refractivity contribution in [1.82, 2.24) is 15.5 Å². The predicted octanol–water partition coefficient (Wildman–Crippen LogP) is 1.27. The van der Waals surface area contributed by atoms with Gasteiger partial charge >= 0.3 is 6.09 Å². The van der Waals surface area contributed by atoms with Crippen LogP contribution in [0.1, 0.15) is 17.3 Å². The van der Waals surface area contributed by atoms with Gasteiger partial charge in [-0.25, -0.2) is 9.18 Å². The van der Waals surface area contributed by atoms with E-state index in [9.17, 15) is 29.3 Å². The van der Waals surface area contributed by atoms with E-state index in [0.717, 1.165) is 0 Å². The third kappa shape index (κ3) is 6.58. The Hall–Kier alpha value is -4.75. The number of nitrogens with one attached hydrogen (secondary N) is 2.